The first kappa shape index (κ1) is 23.5. The summed E-state index contributed by atoms with van der Waals surface area (Å²) in [6.07, 6.45) is 1.05. The van der Waals surface area contributed by atoms with Gasteiger partial charge in [0.1, 0.15) is 12.4 Å². The SMILES string of the molecule is CCOc1cc(CNC(C)(C)CC(C)(C)C)cc(Cl)c1OCc1ccc(F)cc1. The predicted octanol–water partition coefficient (Wildman–Crippen LogP) is 6.76. The van der Waals surface area contributed by atoms with Crippen LogP contribution in [0.5, 0.6) is 11.5 Å². The number of hydrogen-bond donors (Lipinski definition) is 1. The van der Waals surface area contributed by atoms with Crippen LogP contribution < -0.4 is 14.8 Å². The summed E-state index contributed by atoms with van der Waals surface area (Å²) in [6, 6.07) is 10.1. The Morgan fingerprint density at radius 2 is 1.62 bits per heavy atom. The quantitative estimate of drug-likeness (QED) is 0.485. The highest BCUT2D eigenvalue weighted by Gasteiger charge is 2.25. The molecule has 3 nitrogen and oxygen atoms in total. The second-order valence-electron chi connectivity index (χ2n) is 9.23. The average Bonchev–Trinajstić information content (AvgIpc) is 2.59. The molecule has 29 heavy (non-hydrogen) atoms. The highest BCUT2D eigenvalue weighted by atomic mass is 35.5. The molecule has 0 aliphatic rings. The average molecular weight is 422 g/mol. The Hall–Kier alpha value is -1.78. The van der Waals surface area contributed by atoms with Gasteiger partial charge in [-0.25, -0.2) is 4.39 Å². The van der Waals surface area contributed by atoms with Gasteiger partial charge in [-0.3, -0.25) is 0 Å². The van der Waals surface area contributed by atoms with Gasteiger partial charge in [0.2, 0.25) is 0 Å². The van der Waals surface area contributed by atoms with Crippen LogP contribution in [0.2, 0.25) is 5.02 Å². The summed E-state index contributed by atoms with van der Waals surface area (Å²) in [6.45, 7) is 14.6. The molecule has 0 fully saturated rings. The lowest BCUT2D eigenvalue weighted by Crippen LogP contribution is -2.41. The molecule has 2 aromatic carbocycles. The standard InChI is InChI=1S/C24H33ClFNO2/c1-7-28-21-13-18(14-27-24(5,6)16-23(2,3)4)12-20(25)22(21)29-15-17-8-10-19(26)11-9-17/h8-13,27H,7,14-16H2,1-6H3. The zero-order valence-electron chi connectivity index (χ0n) is 18.4. The molecule has 0 spiro atoms. The first-order valence-corrected chi connectivity index (χ1v) is 10.4. The van der Waals surface area contributed by atoms with Crippen molar-refractivity contribution >= 4 is 11.6 Å². The van der Waals surface area contributed by atoms with Crippen molar-refractivity contribution in [3.8, 4) is 11.5 Å². The van der Waals surface area contributed by atoms with E-state index >= 15 is 0 Å². The molecule has 0 amide bonds. The second-order valence-corrected chi connectivity index (χ2v) is 9.64. The van der Waals surface area contributed by atoms with Gasteiger partial charge in [-0.15, -0.1) is 0 Å². The molecule has 0 unspecified atom stereocenters. The molecule has 0 saturated carbocycles. The summed E-state index contributed by atoms with van der Waals surface area (Å²) < 4.78 is 24.8. The van der Waals surface area contributed by atoms with Crippen LogP contribution in [0, 0.1) is 11.2 Å². The van der Waals surface area contributed by atoms with Crippen molar-refractivity contribution < 1.29 is 13.9 Å². The summed E-state index contributed by atoms with van der Waals surface area (Å²) in [5.41, 5.74) is 2.13. The zero-order valence-corrected chi connectivity index (χ0v) is 19.1. The van der Waals surface area contributed by atoms with Gasteiger partial charge in [-0.1, -0.05) is 44.5 Å². The van der Waals surface area contributed by atoms with Crippen molar-refractivity contribution in [3.05, 3.63) is 58.4 Å². The minimum Gasteiger partial charge on any atom is -0.490 e. The lowest BCUT2D eigenvalue weighted by Gasteiger charge is -2.33. The Bertz CT molecular complexity index is 798. The van der Waals surface area contributed by atoms with Crippen LogP contribution in [0.1, 0.15) is 59.1 Å². The Kier molecular flexibility index (Phi) is 7.95. The van der Waals surface area contributed by atoms with E-state index in [0.717, 1.165) is 17.5 Å². The summed E-state index contributed by atoms with van der Waals surface area (Å²) in [5.74, 6) is 0.858. The topological polar surface area (TPSA) is 30.5 Å². The van der Waals surface area contributed by atoms with Crippen molar-refractivity contribution in [3.63, 3.8) is 0 Å². The van der Waals surface area contributed by atoms with E-state index < -0.39 is 0 Å². The van der Waals surface area contributed by atoms with Crippen molar-refractivity contribution in [2.75, 3.05) is 6.61 Å². The molecule has 1 N–H and O–H groups in total. The minimum absolute atomic E-state index is 0.00570. The highest BCUT2D eigenvalue weighted by molar-refractivity contribution is 6.32. The van der Waals surface area contributed by atoms with Crippen molar-refractivity contribution in [2.45, 2.75) is 66.7 Å². The lowest BCUT2D eigenvalue weighted by atomic mass is 9.82. The van der Waals surface area contributed by atoms with Gasteiger partial charge >= 0.3 is 0 Å². The van der Waals surface area contributed by atoms with Gasteiger partial charge in [-0.05, 0) is 68.0 Å². The number of nitrogens with one attached hydrogen (secondary N) is 1. The molecule has 0 aromatic heterocycles. The van der Waals surface area contributed by atoms with Crippen LogP contribution in [-0.4, -0.2) is 12.1 Å². The molecule has 0 aliphatic carbocycles. The van der Waals surface area contributed by atoms with Gasteiger partial charge in [-0.2, -0.15) is 0 Å². The maximum Gasteiger partial charge on any atom is 0.180 e. The second kappa shape index (κ2) is 9.82. The summed E-state index contributed by atoms with van der Waals surface area (Å²) in [7, 11) is 0. The molecule has 2 aromatic rings. The molecule has 0 saturated heterocycles. The molecule has 0 atom stereocenters. The molecule has 0 heterocycles. The third kappa shape index (κ3) is 7.87. The monoisotopic (exact) mass is 421 g/mol. The molecule has 5 heteroatoms. The fraction of sp³-hybridized carbons (Fsp3) is 0.500. The van der Waals surface area contributed by atoms with Crippen LogP contribution in [0.4, 0.5) is 4.39 Å². The van der Waals surface area contributed by atoms with Crippen molar-refractivity contribution in [1.29, 1.82) is 0 Å². The zero-order chi connectivity index (χ0) is 21.7. The predicted molar refractivity (Wildman–Crippen MR) is 118 cm³/mol. The van der Waals surface area contributed by atoms with E-state index in [1.807, 2.05) is 19.1 Å². The molecule has 2 rings (SSSR count). The first-order valence-electron chi connectivity index (χ1n) is 10.1. The Morgan fingerprint density at radius 1 is 0.966 bits per heavy atom. The van der Waals surface area contributed by atoms with E-state index in [4.69, 9.17) is 21.1 Å². The Balaban J connectivity index is 2.13. The van der Waals surface area contributed by atoms with Crippen molar-refractivity contribution in [2.24, 2.45) is 5.41 Å². The smallest absolute Gasteiger partial charge is 0.180 e. The normalized spacial score (nSPS) is 12.1. The summed E-state index contributed by atoms with van der Waals surface area (Å²) in [5, 5.41) is 4.12. The minimum atomic E-state index is -0.270. The largest absolute Gasteiger partial charge is 0.490 e. The van der Waals surface area contributed by atoms with Gasteiger partial charge in [0.05, 0.1) is 11.6 Å². The van der Waals surface area contributed by atoms with E-state index in [-0.39, 0.29) is 23.4 Å². The number of benzene rings is 2. The molecule has 0 bridgehead atoms. The molecule has 0 aliphatic heterocycles. The van der Waals surface area contributed by atoms with E-state index in [1.165, 1.54) is 12.1 Å². The van der Waals surface area contributed by atoms with E-state index in [9.17, 15) is 4.39 Å². The Labute approximate surface area is 179 Å². The summed E-state index contributed by atoms with van der Waals surface area (Å²) >= 11 is 6.53. The maximum absolute atomic E-state index is 13.1. The van der Waals surface area contributed by atoms with E-state index in [0.29, 0.717) is 29.7 Å². The lowest BCUT2D eigenvalue weighted by molar-refractivity contribution is 0.240. The van der Waals surface area contributed by atoms with Crippen LogP contribution in [0.3, 0.4) is 0 Å². The van der Waals surface area contributed by atoms with Crippen LogP contribution >= 0.6 is 11.6 Å². The summed E-state index contributed by atoms with van der Waals surface area (Å²) in [4.78, 5) is 0. The maximum atomic E-state index is 13.1. The third-order valence-electron chi connectivity index (χ3n) is 4.41. The number of hydrogen-bond acceptors (Lipinski definition) is 3. The fourth-order valence-electron chi connectivity index (χ4n) is 3.59. The molecule has 0 radical (unpaired) electrons. The number of halogens is 2. The van der Waals surface area contributed by atoms with Gasteiger partial charge < -0.3 is 14.8 Å². The Morgan fingerprint density at radius 3 is 2.21 bits per heavy atom. The number of rotatable bonds is 9. The molecular weight excluding hydrogens is 389 g/mol. The molecular formula is C24H33ClFNO2. The van der Waals surface area contributed by atoms with Crippen LogP contribution in [-0.2, 0) is 13.2 Å². The highest BCUT2D eigenvalue weighted by Crippen LogP contribution is 2.37. The third-order valence-corrected chi connectivity index (χ3v) is 4.69. The van der Waals surface area contributed by atoms with Gasteiger partial charge in [0, 0.05) is 12.1 Å². The van der Waals surface area contributed by atoms with Crippen LogP contribution in [0.15, 0.2) is 36.4 Å². The van der Waals surface area contributed by atoms with Crippen molar-refractivity contribution in [1.82, 2.24) is 5.32 Å². The van der Waals surface area contributed by atoms with E-state index in [2.05, 4.69) is 39.9 Å². The first-order chi connectivity index (χ1) is 13.5. The fourth-order valence-corrected chi connectivity index (χ4v) is 3.88. The van der Waals surface area contributed by atoms with Gasteiger partial charge in [0.15, 0.2) is 11.5 Å². The number of ether oxygens (including phenoxy) is 2. The van der Waals surface area contributed by atoms with Crippen LogP contribution in [0.25, 0.3) is 0 Å². The molecule has 160 valence electrons. The van der Waals surface area contributed by atoms with Gasteiger partial charge in [0.25, 0.3) is 0 Å². The van der Waals surface area contributed by atoms with E-state index in [1.54, 1.807) is 12.1 Å².